The second kappa shape index (κ2) is 10.4. The lowest BCUT2D eigenvalue weighted by Gasteiger charge is -2.38. The summed E-state index contributed by atoms with van der Waals surface area (Å²) in [5, 5.41) is 24.6. The van der Waals surface area contributed by atoms with Gasteiger partial charge >= 0.3 is 0 Å². The highest BCUT2D eigenvalue weighted by molar-refractivity contribution is 5.71. The van der Waals surface area contributed by atoms with Gasteiger partial charge in [-0.15, -0.1) is 0 Å². The van der Waals surface area contributed by atoms with Crippen LogP contribution in [0.25, 0.3) is 22.8 Å². The van der Waals surface area contributed by atoms with Crippen molar-refractivity contribution in [1.29, 1.82) is 0 Å². The van der Waals surface area contributed by atoms with Gasteiger partial charge in [0.1, 0.15) is 28.9 Å². The third kappa shape index (κ3) is 4.97. The van der Waals surface area contributed by atoms with Crippen LogP contribution in [0.3, 0.4) is 0 Å². The molecule has 6 rings (SSSR count). The lowest BCUT2D eigenvalue weighted by Crippen LogP contribution is -2.45. The molecule has 12 nitrogen and oxygen atoms in total. The lowest BCUT2D eigenvalue weighted by atomic mass is 9.90. The fourth-order valence-electron chi connectivity index (χ4n) is 5.10. The molecule has 1 unspecified atom stereocenters. The summed E-state index contributed by atoms with van der Waals surface area (Å²) in [5.74, 6) is -0.644. The molecule has 194 valence electrons. The van der Waals surface area contributed by atoms with E-state index in [1.165, 1.54) is 12.5 Å². The van der Waals surface area contributed by atoms with Gasteiger partial charge in [0.25, 0.3) is 0 Å². The summed E-state index contributed by atoms with van der Waals surface area (Å²) in [5.41, 5.74) is 2.02. The summed E-state index contributed by atoms with van der Waals surface area (Å²) in [6.07, 6.45) is 12.3. The molecule has 2 aliphatic rings. The van der Waals surface area contributed by atoms with E-state index in [4.69, 9.17) is 14.3 Å². The van der Waals surface area contributed by atoms with E-state index in [0.29, 0.717) is 23.1 Å². The second-order valence-corrected chi connectivity index (χ2v) is 9.29. The molecule has 13 heteroatoms. The zero-order valence-electron chi connectivity index (χ0n) is 20.1. The average molecular weight is 510 g/mol. The number of aromatic amines is 1. The minimum atomic E-state index is -1.22. The first-order chi connectivity index (χ1) is 18.2. The number of nitrogens with zero attached hydrogens (tertiary/aromatic N) is 7. The number of aromatic nitrogens is 7. The van der Waals surface area contributed by atoms with E-state index in [2.05, 4.69) is 35.4 Å². The van der Waals surface area contributed by atoms with Crippen LogP contribution in [0.5, 0.6) is 0 Å². The van der Waals surface area contributed by atoms with E-state index in [-0.39, 0.29) is 23.2 Å². The summed E-state index contributed by atoms with van der Waals surface area (Å²) in [4.78, 5) is 15.3. The fourth-order valence-corrected chi connectivity index (χ4v) is 5.10. The number of H-pyrrole nitrogens is 1. The van der Waals surface area contributed by atoms with E-state index in [1.54, 1.807) is 18.6 Å². The summed E-state index contributed by atoms with van der Waals surface area (Å²) in [6.45, 7) is 3.61. The number of ether oxygens (including phenoxy) is 1. The summed E-state index contributed by atoms with van der Waals surface area (Å²) in [7, 11) is 0. The van der Waals surface area contributed by atoms with E-state index in [9.17, 15) is 9.50 Å². The van der Waals surface area contributed by atoms with Gasteiger partial charge < -0.3 is 19.6 Å². The molecule has 0 bridgehead atoms. The molecule has 0 amide bonds. The number of nitrogens with one attached hydrogen (secondary N) is 2. The van der Waals surface area contributed by atoms with Crippen molar-refractivity contribution in [1.82, 2.24) is 39.8 Å². The maximum absolute atomic E-state index is 13.8. The zero-order chi connectivity index (χ0) is 25.2. The topological polar surface area (TPSA) is 143 Å². The van der Waals surface area contributed by atoms with Crippen molar-refractivity contribution in [2.45, 2.75) is 44.0 Å². The monoisotopic (exact) mass is 509 g/mol. The molecule has 1 aliphatic heterocycles. The first-order valence-corrected chi connectivity index (χ1v) is 12.4. The first-order valence-electron chi connectivity index (χ1n) is 12.4. The number of morpholine rings is 1. The van der Waals surface area contributed by atoms with Crippen LogP contribution >= 0.6 is 0 Å². The van der Waals surface area contributed by atoms with Gasteiger partial charge in [0, 0.05) is 37.7 Å². The quantitative estimate of drug-likeness (QED) is 0.318. The number of hydrogen-bond donors (Lipinski definition) is 3. The maximum atomic E-state index is 13.8. The van der Waals surface area contributed by atoms with Gasteiger partial charge in [-0.25, -0.2) is 4.98 Å². The highest BCUT2D eigenvalue weighted by atomic mass is 19.1. The summed E-state index contributed by atoms with van der Waals surface area (Å²) < 4.78 is 26.6. The Balaban J connectivity index is 1.20. The van der Waals surface area contributed by atoms with Crippen molar-refractivity contribution >= 4 is 5.69 Å². The Morgan fingerprint density at radius 3 is 2.65 bits per heavy atom. The van der Waals surface area contributed by atoms with Gasteiger partial charge in [-0.3, -0.25) is 24.6 Å². The number of anilines is 1. The van der Waals surface area contributed by atoms with E-state index in [1.807, 2.05) is 10.9 Å². The van der Waals surface area contributed by atoms with Gasteiger partial charge in [-0.1, -0.05) is 0 Å². The van der Waals surface area contributed by atoms with Crippen LogP contribution in [-0.2, 0) is 4.74 Å². The van der Waals surface area contributed by atoms with Gasteiger partial charge in [0.05, 0.1) is 37.3 Å². The van der Waals surface area contributed by atoms with Crippen molar-refractivity contribution < 1.29 is 18.7 Å². The van der Waals surface area contributed by atoms with Crippen molar-refractivity contribution in [3.05, 3.63) is 48.9 Å². The molecule has 0 radical (unpaired) electrons. The molecule has 0 spiro atoms. The van der Waals surface area contributed by atoms with Gasteiger partial charge in [-0.05, 0) is 25.7 Å². The summed E-state index contributed by atoms with van der Waals surface area (Å²) >= 11 is 0. The molecule has 37 heavy (non-hydrogen) atoms. The number of hydrogen-bond acceptors (Lipinski definition) is 10. The Bertz CT molecular complexity index is 1310. The molecule has 1 saturated heterocycles. The Labute approximate surface area is 211 Å². The van der Waals surface area contributed by atoms with Crippen LogP contribution in [0.15, 0.2) is 41.7 Å². The SMILES string of the molecule is OC(Nc1cn(C2CCC(N3CCOCC3)CC2)nc1-c1cnccn1)c1coc(-c2cn[nH]c2F)n1. The minimum absolute atomic E-state index is 0.0176. The molecule has 4 aromatic rings. The highest BCUT2D eigenvalue weighted by Gasteiger charge is 2.29. The molecule has 2 fully saturated rings. The van der Waals surface area contributed by atoms with Crippen LogP contribution in [0.2, 0.25) is 0 Å². The predicted molar refractivity (Wildman–Crippen MR) is 130 cm³/mol. The Hall–Kier alpha value is -3.68. The van der Waals surface area contributed by atoms with Gasteiger partial charge in [0.15, 0.2) is 6.23 Å². The Kier molecular flexibility index (Phi) is 6.64. The van der Waals surface area contributed by atoms with Crippen molar-refractivity contribution in [2.24, 2.45) is 0 Å². The third-order valence-electron chi connectivity index (χ3n) is 7.06. The number of rotatable bonds is 7. The lowest BCUT2D eigenvalue weighted by molar-refractivity contribution is 0.00507. The third-order valence-corrected chi connectivity index (χ3v) is 7.06. The molecule has 1 aliphatic carbocycles. The molecule has 0 aromatic carbocycles. The van der Waals surface area contributed by atoms with E-state index >= 15 is 0 Å². The van der Waals surface area contributed by atoms with Crippen molar-refractivity contribution in [3.63, 3.8) is 0 Å². The predicted octanol–water partition coefficient (Wildman–Crippen LogP) is 2.78. The van der Waals surface area contributed by atoms with Crippen molar-refractivity contribution in [2.75, 3.05) is 31.6 Å². The number of oxazole rings is 1. The van der Waals surface area contributed by atoms with Crippen LogP contribution in [0, 0.1) is 5.95 Å². The van der Waals surface area contributed by atoms with Crippen LogP contribution in [0.1, 0.15) is 43.6 Å². The molecular formula is C24H28FN9O3. The maximum Gasteiger partial charge on any atom is 0.232 e. The number of halogens is 1. The molecule has 1 atom stereocenters. The normalized spacial score (nSPS) is 21.7. The standard InChI is InChI=1S/C24H28FN9O3/c25-22-17(11-28-31-22)24-30-20(14-37-24)23(35)29-19-13-34(32-21(19)18-12-26-5-6-27-18)16-3-1-15(2-4-16)33-7-9-36-10-8-33/h5-6,11-16,23,29,35H,1-4,7-10H2,(H,28,31). The summed E-state index contributed by atoms with van der Waals surface area (Å²) in [6, 6.07) is 0.819. The minimum Gasteiger partial charge on any atom is -0.444 e. The molecule has 1 saturated carbocycles. The Morgan fingerprint density at radius 2 is 1.92 bits per heavy atom. The fraction of sp³-hybridized carbons (Fsp3) is 0.458. The van der Waals surface area contributed by atoms with Crippen LogP contribution in [-0.4, -0.2) is 77.3 Å². The van der Waals surface area contributed by atoms with Crippen molar-refractivity contribution in [3.8, 4) is 22.8 Å². The molecule has 3 N–H and O–H groups in total. The molecule has 5 heterocycles. The average Bonchev–Trinajstić information content (AvgIpc) is 3.70. The van der Waals surface area contributed by atoms with E-state index < -0.39 is 12.2 Å². The first kappa shape index (κ1) is 23.7. The van der Waals surface area contributed by atoms with Crippen LogP contribution < -0.4 is 5.32 Å². The highest BCUT2D eigenvalue weighted by Crippen LogP contribution is 2.35. The smallest absolute Gasteiger partial charge is 0.232 e. The molecule has 4 aromatic heterocycles. The second-order valence-electron chi connectivity index (χ2n) is 9.29. The van der Waals surface area contributed by atoms with Gasteiger partial charge in [-0.2, -0.15) is 14.6 Å². The Morgan fingerprint density at radius 1 is 1.11 bits per heavy atom. The zero-order valence-corrected chi connectivity index (χ0v) is 20.1. The van der Waals surface area contributed by atoms with Crippen LogP contribution in [0.4, 0.5) is 10.1 Å². The largest absolute Gasteiger partial charge is 0.444 e. The number of aliphatic hydroxyl groups excluding tert-OH is 1. The molecular weight excluding hydrogens is 481 g/mol. The van der Waals surface area contributed by atoms with E-state index in [0.717, 1.165) is 52.0 Å². The van der Waals surface area contributed by atoms with Gasteiger partial charge in [0.2, 0.25) is 11.8 Å². The number of aliphatic hydroxyl groups is 1.